The van der Waals surface area contributed by atoms with Crippen molar-refractivity contribution in [1.29, 1.82) is 0 Å². The highest BCUT2D eigenvalue weighted by atomic mass is 19.4. The van der Waals surface area contributed by atoms with E-state index < -0.39 is 11.7 Å². The summed E-state index contributed by atoms with van der Waals surface area (Å²) in [6.45, 7) is 4.81. The number of anilines is 4. The van der Waals surface area contributed by atoms with Crippen molar-refractivity contribution in [2.24, 2.45) is 0 Å². The van der Waals surface area contributed by atoms with Gasteiger partial charge in [-0.2, -0.15) is 13.2 Å². The molecule has 1 aliphatic carbocycles. The number of hydrogen-bond donors (Lipinski definition) is 2. The van der Waals surface area contributed by atoms with Crippen LogP contribution in [0.3, 0.4) is 0 Å². The van der Waals surface area contributed by atoms with E-state index in [1.807, 2.05) is 42.6 Å². The number of pyridine rings is 1. The summed E-state index contributed by atoms with van der Waals surface area (Å²) < 4.78 is 47.1. The maximum absolute atomic E-state index is 13.8. The molecule has 0 amide bonds. The number of ether oxygens (including phenoxy) is 1. The summed E-state index contributed by atoms with van der Waals surface area (Å²) >= 11 is 0. The minimum absolute atomic E-state index is 0.344. The van der Waals surface area contributed by atoms with Gasteiger partial charge in [-0.1, -0.05) is 60.7 Å². The summed E-state index contributed by atoms with van der Waals surface area (Å²) in [6.07, 6.45) is -1.90. The van der Waals surface area contributed by atoms with Gasteiger partial charge in [-0.15, -0.1) is 0 Å². The van der Waals surface area contributed by atoms with E-state index in [2.05, 4.69) is 65.7 Å². The standard InChI is InChI=1S/C42H35F3N4O/c1-26-9-14-35(36-23-28-5-2-3-8-33(28)39(26)36)41-34(27-10-12-31(46)13-11-27)15-16-37(48-32-7-4-6-30(25-32)42(43,44)45)40(41)29-17-18-47-38(24-29)49-19-21-50-22-20-49/h2-18,24-25,48H,19-23,46H2,1H3. The van der Waals surface area contributed by atoms with Gasteiger partial charge in [0.25, 0.3) is 0 Å². The molecule has 8 heteroatoms. The Bertz CT molecular complexity index is 2220. The lowest BCUT2D eigenvalue weighted by Gasteiger charge is -2.28. The fourth-order valence-corrected chi connectivity index (χ4v) is 7.32. The van der Waals surface area contributed by atoms with Gasteiger partial charge < -0.3 is 20.7 Å². The Hall–Kier alpha value is -5.60. The molecule has 6 aromatic rings. The molecule has 3 N–H and O–H groups in total. The number of nitrogens with zero attached hydrogens (tertiary/aromatic N) is 2. The smallest absolute Gasteiger partial charge is 0.399 e. The van der Waals surface area contributed by atoms with E-state index >= 15 is 0 Å². The van der Waals surface area contributed by atoms with Crippen molar-refractivity contribution in [3.8, 4) is 44.5 Å². The monoisotopic (exact) mass is 668 g/mol. The van der Waals surface area contributed by atoms with Crippen LogP contribution in [0.5, 0.6) is 0 Å². The molecule has 8 rings (SSSR count). The molecule has 1 fully saturated rings. The van der Waals surface area contributed by atoms with E-state index in [9.17, 15) is 13.2 Å². The Labute approximate surface area is 289 Å². The summed E-state index contributed by atoms with van der Waals surface area (Å²) in [5.74, 6) is 0.821. The quantitative estimate of drug-likeness (QED) is 0.173. The number of nitrogens with two attached hydrogens (primary N) is 1. The molecule has 1 saturated heterocycles. The van der Waals surface area contributed by atoms with Crippen LogP contribution in [0, 0.1) is 6.92 Å². The van der Waals surface area contributed by atoms with Gasteiger partial charge in [0, 0.05) is 41.9 Å². The Balaban J connectivity index is 1.42. The van der Waals surface area contributed by atoms with E-state index in [0.717, 1.165) is 57.8 Å². The summed E-state index contributed by atoms with van der Waals surface area (Å²) in [5, 5.41) is 3.40. The number of nitrogens with one attached hydrogen (secondary N) is 1. The fraction of sp³-hybridized carbons (Fsp3) is 0.167. The van der Waals surface area contributed by atoms with Gasteiger partial charge in [-0.3, -0.25) is 0 Å². The number of aromatic nitrogens is 1. The maximum atomic E-state index is 13.8. The highest BCUT2D eigenvalue weighted by Crippen LogP contribution is 2.51. The van der Waals surface area contributed by atoms with Crippen LogP contribution in [0.15, 0.2) is 115 Å². The third kappa shape index (κ3) is 5.86. The van der Waals surface area contributed by atoms with Crippen molar-refractivity contribution in [3.05, 3.63) is 138 Å². The summed E-state index contributed by atoms with van der Waals surface area (Å²) in [5.41, 5.74) is 19.1. The molecule has 0 radical (unpaired) electrons. The molecule has 50 heavy (non-hydrogen) atoms. The molecule has 5 nitrogen and oxygen atoms in total. The summed E-state index contributed by atoms with van der Waals surface area (Å²) in [6, 6.07) is 34.1. The van der Waals surface area contributed by atoms with Crippen LogP contribution in [-0.2, 0) is 17.3 Å². The predicted octanol–water partition coefficient (Wildman–Crippen LogP) is 10.1. The first-order valence-electron chi connectivity index (χ1n) is 16.7. The van der Waals surface area contributed by atoms with Crippen LogP contribution in [-0.4, -0.2) is 31.3 Å². The Kier molecular flexibility index (Phi) is 8.04. The second-order valence-corrected chi connectivity index (χ2v) is 12.9. The average Bonchev–Trinajstić information content (AvgIpc) is 3.53. The number of morpholine rings is 1. The van der Waals surface area contributed by atoms with E-state index in [1.54, 1.807) is 6.07 Å². The lowest BCUT2D eigenvalue weighted by Crippen LogP contribution is -2.36. The molecule has 1 aliphatic heterocycles. The third-order valence-corrected chi connectivity index (χ3v) is 9.71. The predicted molar refractivity (Wildman–Crippen MR) is 196 cm³/mol. The molecule has 5 aromatic carbocycles. The molecular formula is C42H35F3N4O. The van der Waals surface area contributed by atoms with Gasteiger partial charge in [0.05, 0.1) is 18.8 Å². The SMILES string of the molecule is Cc1ccc(-c2c(-c3ccc(N)cc3)ccc(Nc3cccc(C(F)(F)F)c3)c2-c2ccnc(N3CCOCC3)c2)c2c1-c1ccccc1C2. The second kappa shape index (κ2) is 12.7. The Morgan fingerprint density at radius 1 is 0.740 bits per heavy atom. The van der Waals surface area contributed by atoms with Crippen LogP contribution in [0.2, 0.25) is 0 Å². The molecule has 0 spiro atoms. The summed E-state index contributed by atoms with van der Waals surface area (Å²) in [7, 11) is 0. The minimum Gasteiger partial charge on any atom is -0.399 e. The van der Waals surface area contributed by atoms with Crippen LogP contribution in [0.4, 0.5) is 36.1 Å². The maximum Gasteiger partial charge on any atom is 0.416 e. The number of alkyl halides is 3. The lowest BCUT2D eigenvalue weighted by atomic mass is 9.83. The minimum atomic E-state index is -4.47. The van der Waals surface area contributed by atoms with Crippen molar-refractivity contribution in [2.75, 3.05) is 42.3 Å². The number of benzene rings is 5. The molecule has 0 bridgehead atoms. The van der Waals surface area contributed by atoms with Crippen molar-refractivity contribution >= 4 is 22.9 Å². The zero-order valence-corrected chi connectivity index (χ0v) is 27.5. The van der Waals surface area contributed by atoms with Gasteiger partial charge in [0.1, 0.15) is 5.82 Å². The zero-order valence-electron chi connectivity index (χ0n) is 27.5. The Morgan fingerprint density at radius 2 is 1.52 bits per heavy atom. The first-order chi connectivity index (χ1) is 24.2. The summed E-state index contributed by atoms with van der Waals surface area (Å²) in [4.78, 5) is 6.95. The molecule has 250 valence electrons. The molecule has 0 saturated carbocycles. The average molecular weight is 669 g/mol. The van der Waals surface area contributed by atoms with Crippen molar-refractivity contribution < 1.29 is 17.9 Å². The largest absolute Gasteiger partial charge is 0.416 e. The van der Waals surface area contributed by atoms with E-state index in [0.29, 0.717) is 43.4 Å². The molecule has 2 aliphatic rings. The van der Waals surface area contributed by atoms with Gasteiger partial charge in [-0.25, -0.2) is 4.98 Å². The molecule has 1 aromatic heterocycles. The van der Waals surface area contributed by atoms with Crippen LogP contribution in [0.1, 0.15) is 22.3 Å². The number of fused-ring (bicyclic) bond motifs is 3. The van der Waals surface area contributed by atoms with E-state index in [1.165, 1.54) is 33.9 Å². The highest BCUT2D eigenvalue weighted by molar-refractivity contribution is 6.04. The number of nitrogen functional groups attached to an aromatic ring is 1. The third-order valence-electron chi connectivity index (χ3n) is 9.71. The first kappa shape index (κ1) is 31.7. The van der Waals surface area contributed by atoms with Gasteiger partial charge >= 0.3 is 6.18 Å². The Morgan fingerprint density at radius 3 is 2.32 bits per heavy atom. The van der Waals surface area contributed by atoms with Crippen LogP contribution < -0.4 is 16.0 Å². The zero-order chi connectivity index (χ0) is 34.4. The molecular weight excluding hydrogens is 633 g/mol. The van der Waals surface area contributed by atoms with Crippen LogP contribution in [0.25, 0.3) is 44.5 Å². The highest BCUT2D eigenvalue weighted by Gasteiger charge is 2.31. The van der Waals surface area contributed by atoms with Crippen molar-refractivity contribution in [3.63, 3.8) is 0 Å². The number of hydrogen-bond acceptors (Lipinski definition) is 5. The van der Waals surface area contributed by atoms with Gasteiger partial charge in [0.2, 0.25) is 0 Å². The molecule has 2 heterocycles. The number of rotatable bonds is 6. The number of halogens is 3. The molecule has 0 unspecified atom stereocenters. The second-order valence-electron chi connectivity index (χ2n) is 12.9. The molecule has 0 atom stereocenters. The van der Waals surface area contributed by atoms with Gasteiger partial charge in [-0.05, 0) is 118 Å². The van der Waals surface area contributed by atoms with E-state index in [-0.39, 0.29) is 0 Å². The first-order valence-corrected chi connectivity index (χ1v) is 16.7. The topological polar surface area (TPSA) is 63.4 Å². The normalized spacial score (nSPS) is 14.0. The fourth-order valence-electron chi connectivity index (χ4n) is 7.32. The number of aryl methyl sites for hydroxylation is 1. The van der Waals surface area contributed by atoms with Crippen LogP contribution >= 0.6 is 0 Å². The van der Waals surface area contributed by atoms with Gasteiger partial charge in [0.15, 0.2) is 0 Å². The van der Waals surface area contributed by atoms with Crippen molar-refractivity contribution in [1.82, 2.24) is 4.98 Å². The van der Waals surface area contributed by atoms with Crippen molar-refractivity contribution in [2.45, 2.75) is 19.5 Å². The van der Waals surface area contributed by atoms with E-state index in [4.69, 9.17) is 15.5 Å². The lowest BCUT2D eigenvalue weighted by molar-refractivity contribution is -0.137.